The lowest BCUT2D eigenvalue weighted by molar-refractivity contribution is 0.00578. The molecule has 7 heteroatoms. The molecule has 2 aliphatic rings. The number of hydrogen-bond donors (Lipinski definition) is 2. The van der Waals surface area contributed by atoms with E-state index in [0.717, 1.165) is 22.3 Å². The molecular formula is C20H22BNO4S. The predicted molar refractivity (Wildman–Crippen MR) is 107 cm³/mol. The van der Waals surface area contributed by atoms with E-state index < -0.39 is 13.2 Å². The van der Waals surface area contributed by atoms with E-state index >= 15 is 0 Å². The fraction of sp³-hybridized carbons (Fsp3) is 0.350. The molecule has 5 nitrogen and oxygen atoms in total. The Morgan fingerprint density at radius 3 is 2.48 bits per heavy atom. The van der Waals surface area contributed by atoms with Gasteiger partial charge in [-0.15, -0.1) is 0 Å². The van der Waals surface area contributed by atoms with Gasteiger partial charge in [0.15, 0.2) is 0 Å². The first kappa shape index (κ1) is 18.4. The predicted octanol–water partition coefficient (Wildman–Crippen LogP) is 4.13. The minimum atomic E-state index is -1.05. The van der Waals surface area contributed by atoms with Crippen LogP contribution in [0.5, 0.6) is 0 Å². The zero-order valence-corrected chi connectivity index (χ0v) is 16.6. The van der Waals surface area contributed by atoms with Gasteiger partial charge in [0, 0.05) is 15.5 Å². The Kier molecular flexibility index (Phi) is 4.29. The van der Waals surface area contributed by atoms with Gasteiger partial charge in [0.05, 0.1) is 11.2 Å². The first-order valence-electron chi connectivity index (χ1n) is 8.94. The van der Waals surface area contributed by atoms with Crippen LogP contribution in [-0.2, 0) is 15.7 Å². The molecule has 0 bridgehead atoms. The van der Waals surface area contributed by atoms with Crippen LogP contribution in [0.15, 0.2) is 46.2 Å². The summed E-state index contributed by atoms with van der Waals surface area (Å²) in [5.74, 6) is 0. The van der Waals surface area contributed by atoms with Crippen molar-refractivity contribution >= 4 is 36.1 Å². The monoisotopic (exact) mass is 383 g/mol. The Balaban J connectivity index is 1.67. The SMILES string of the molecule is CC1(C)OB(c2cccc3c2Sc2ccc(NC(=O)O)cc2C3)OC1(C)C. The Bertz CT molecular complexity index is 912. The zero-order valence-electron chi connectivity index (χ0n) is 15.8. The number of rotatable bonds is 2. The normalized spacial score (nSPS) is 19.3. The fourth-order valence-corrected chi connectivity index (χ4v) is 4.53. The summed E-state index contributed by atoms with van der Waals surface area (Å²) >= 11 is 1.69. The molecule has 140 valence electrons. The lowest BCUT2D eigenvalue weighted by atomic mass is 9.77. The number of carboxylic acid groups (broad SMARTS) is 1. The van der Waals surface area contributed by atoms with Crippen LogP contribution >= 0.6 is 11.8 Å². The zero-order chi connectivity index (χ0) is 19.4. The quantitative estimate of drug-likeness (QED) is 0.652. The van der Waals surface area contributed by atoms with Crippen molar-refractivity contribution in [3.8, 4) is 0 Å². The van der Waals surface area contributed by atoms with Crippen molar-refractivity contribution in [1.29, 1.82) is 0 Å². The van der Waals surface area contributed by atoms with Gasteiger partial charge in [-0.05, 0) is 68.9 Å². The van der Waals surface area contributed by atoms with Gasteiger partial charge in [0.2, 0.25) is 0 Å². The van der Waals surface area contributed by atoms with Gasteiger partial charge in [-0.2, -0.15) is 0 Å². The largest absolute Gasteiger partial charge is 0.496 e. The van der Waals surface area contributed by atoms with Crippen LogP contribution in [-0.4, -0.2) is 29.5 Å². The molecule has 0 spiro atoms. The number of anilines is 1. The van der Waals surface area contributed by atoms with Crippen molar-refractivity contribution in [1.82, 2.24) is 0 Å². The molecule has 4 rings (SSSR count). The maximum atomic E-state index is 10.9. The third kappa shape index (κ3) is 3.24. The number of hydrogen-bond acceptors (Lipinski definition) is 4. The molecule has 2 aromatic carbocycles. The summed E-state index contributed by atoms with van der Waals surface area (Å²) in [5.41, 5.74) is 3.20. The maximum absolute atomic E-state index is 10.9. The van der Waals surface area contributed by atoms with Gasteiger partial charge in [-0.1, -0.05) is 30.0 Å². The van der Waals surface area contributed by atoms with Crippen LogP contribution in [0.25, 0.3) is 0 Å². The standard InChI is InChI=1S/C20H22BNO4S/c1-19(2)20(3,4)26-21(25-19)15-7-5-6-12-10-13-11-14(22-18(23)24)8-9-16(13)27-17(12)15/h5-9,11,22H,10H2,1-4H3,(H,23,24). The molecule has 2 heterocycles. The van der Waals surface area contributed by atoms with Crippen molar-refractivity contribution in [2.75, 3.05) is 5.32 Å². The molecule has 1 fully saturated rings. The van der Waals surface area contributed by atoms with Gasteiger partial charge in [0.1, 0.15) is 0 Å². The second kappa shape index (κ2) is 6.29. The van der Waals surface area contributed by atoms with Gasteiger partial charge >= 0.3 is 13.2 Å². The number of carbonyl (C=O) groups is 1. The Morgan fingerprint density at radius 1 is 1.11 bits per heavy atom. The summed E-state index contributed by atoms with van der Waals surface area (Å²) in [5, 5.41) is 11.3. The third-order valence-electron chi connectivity index (χ3n) is 5.54. The average molecular weight is 383 g/mol. The highest BCUT2D eigenvalue weighted by molar-refractivity contribution is 7.99. The number of nitrogens with one attached hydrogen (secondary N) is 1. The highest BCUT2D eigenvalue weighted by atomic mass is 32.2. The Labute approximate surface area is 163 Å². The first-order valence-corrected chi connectivity index (χ1v) is 9.76. The lowest BCUT2D eigenvalue weighted by Crippen LogP contribution is -2.41. The molecule has 0 radical (unpaired) electrons. The van der Waals surface area contributed by atoms with Gasteiger partial charge < -0.3 is 14.4 Å². The molecule has 2 aromatic rings. The molecule has 0 saturated carbocycles. The second-order valence-electron chi connectivity index (χ2n) is 7.96. The Hall–Kier alpha value is -1.96. The van der Waals surface area contributed by atoms with Crippen LogP contribution in [0.1, 0.15) is 38.8 Å². The van der Waals surface area contributed by atoms with E-state index in [0.29, 0.717) is 5.69 Å². The van der Waals surface area contributed by atoms with E-state index in [9.17, 15) is 4.79 Å². The molecule has 1 saturated heterocycles. The summed E-state index contributed by atoms with van der Waals surface area (Å²) in [6.45, 7) is 8.23. The lowest BCUT2D eigenvalue weighted by Gasteiger charge is -2.32. The summed E-state index contributed by atoms with van der Waals surface area (Å²) in [4.78, 5) is 13.2. The van der Waals surface area contributed by atoms with Crippen LogP contribution in [0, 0.1) is 0 Å². The van der Waals surface area contributed by atoms with Crippen LogP contribution in [0.2, 0.25) is 0 Å². The van der Waals surface area contributed by atoms with E-state index in [1.165, 1.54) is 10.5 Å². The van der Waals surface area contributed by atoms with E-state index in [1.807, 2.05) is 18.2 Å². The van der Waals surface area contributed by atoms with Crippen molar-refractivity contribution in [3.05, 3.63) is 47.5 Å². The number of fused-ring (bicyclic) bond motifs is 2. The molecule has 0 unspecified atom stereocenters. The van der Waals surface area contributed by atoms with E-state index in [-0.39, 0.29) is 11.2 Å². The maximum Gasteiger partial charge on any atom is 0.496 e. The molecule has 0 aliphatic carbocycles. The van der Waals surface area contributed by atoms with Crippen molar-refractivity contribution in [2.45, 2.75) is 55.1 Å². The van der Waals surface area contributed by atoms with Crippen molar-refractivity contribution < 1.29 is 19.2 Å². The summed E-state index contributed by atoms with van der Waals surface area (Å²) < 4.78 is 12.5. The first-order chi connectivity index (χ1) is 12.7. The van der Waals surface area contributed by atoms with Gasteiger partial charge in [-0.3, -0.25) is 5.32 Å². The number of benzene rings is 2. The van der Waals surface area contributed by atoms with E-state index in [1.54, 1.807) is 17.8 Å². The highest BCUT2D eigenvalue weighted by Crippen LogP contribution is 2.42. The summed E-state index contributed by atoms with van der Waals surface area (Å²) in [6, 6.07) is 11.9. The smallest absolute Gasteiger partial charge is 0.465 e. The minimum Gasteiger partial charge on any atom is -0.465 e. The van der Waals surface area contributed by atoms with E-state index in [2.05, 4.69) is 45.1 Å². The number of amides is 1. The fourth-order valence-electron chi connectivity index (χ4n) is 3.36. The summed E-state index contributed by atoms with van der Waals surface area (Å²) in [6.07, 6.45) is -0.304. The van der Waals surface area contributed by atoms with E-state index in [4.69, 9.17) is 14.4 Å². The Morgan fingerprint density at radius 2 is 1.81 bits per heavy atom. The molecule has 1 amide bonds. The molecule has 2 aliphatic heterocycles. The van der Waals surface area contributed by atoms with Crippen molar-refractivity contribution in [3.63, 3.8) is 0 Å². The van der Waals surface area contributed by atoms with Crippen LogP contribution in [0.4, 0.5) is 10.5 Å². The topological polar surface area (TPSA) is 67.8 Å². The summed E-state index contributed by atoms with van der Waals surface area (Å²) in [7, 11) is -0.396. The average Bonchev–Trinajstić information content (AvgIpc) is 2.79. The highest BCUT2D eigenvalue weighted by Gasteiger charge is 2.52. The molecular weight excluding hydrogens is 361 g/mol. The van der Waals surface area contributed by atoms with Crippen molar-refractivity contribution in [2.24, 2.45) is 0 Å². The molecule has 27 heavy (non-hydrogen) atoms. The van der Waals surface area contributed by atoms with Crippen LogP contribution in [0.3, 0.4) is 0 Å². The molecule has 0 aromatic heterocycles. The second-order valence-corrected chi connectivity index (χ2v) is 9.01. The third-order valence-corrected chi connectivity index (χ3v) is 6.86. The molecule has 2 N–H and O–H groups in total. The van der Waals surface area contributed by atoms with Gasteiger partial charge in [-0.25, -0.2) is 4.79 Å². The van der Waals surface area contributed by atoms with Gasteiger partial charge in [0.25, 0.3) is 0 Å². The molecule has 0 atom stereocenters. The minimum absolute atomic E-state index is 0.380. The van der Waals surface area contributed by atoms with Crippen LogP contribution < -0.4 is 10.8 Å².